The van der Waals surface area contributed by atoms with Crippen molar-refractivity contribution in [3.05, 3.63) is 11.5 Å². The standard InChI is InChI=1S/C13H23NO2.C3H8/c1-6-7-10(15)11-12(8(2)3)16-13(14-11)9(4)5;1-3-2/h8-9,13-14H,6-7H2,1-5H3;3H2,1-2H3. The molecule has 3 heteroatoms. The Morgan fingerprint density at radius 1 is 1.21 bits per heavy atom. The molecule has 0 fully saturated rings. The van der Waals surface area contributed by atoms with Crippen LogP contribution >= 0.6 is 0 Å². The van der Waals surface area contributed by atoms with Crippen molar-refractivity contribution in [2.45, 2.75) is 74.0 Å². The molecule has 0 saturated carbocycles. The van der Waals surface area contributed by atoms with E-state index >= 15 is 0 Å². The van der Waals surface area contributed by atoms with Gasteiger partial charge in [-0.15, -0.1) is 0 Å². The maximum Gasteiger partial charge on any atom is 0.182 e. The summed E-state index contributed by atoms with van der Waals surface area (Å²) in [7, 11) is 0. The molecular weight excluding hydrogens is 238 g/mol. The molecular formula is C16H31NO2. The monoisotopic (exact) mass is 269 g/mol. The highest BCUT2D eigenvalue weighted by Crippen LogP contribution is 2.27. The van der Waals surface area contributed by atoms with Gasteiger partial charge in [-0.3, -0.25) is 4.79 Å². The molecule has 1 atom stereocenters. The Kier molecular flexibility index (Phi) is 8.53. The van der Waals surface area contributed by atoms with Crippen molar-refractivity contribution in [1.29, 1.82) is 0 Å². The molecule has 0 aromatic rings. The third-order valence-corrected chi connectivity index (χ3v) is 2.67. The number of hydrogen-bond donors (Lipinski definition) is 1. The summed E-state index contributed by atoms with van der Waals surface area (Å²) in [4.78, 5) is 11.9. The second kappa shape index (κ2) is 9.00. The zero-order chi connectivity index (χ0) is 15.0. The first-order valence-electron chi connectivity index (χ1n) is 7.59. The number of rotatable bonds is 5. The zero-order valence-corrected chi connectivity index (χ0v) is 13.7. The maximum atomic E-state index is 11.9. The van der Waals surface area contributed by atoms with Crippen LogP contribution in [0.4, 0.5) is 0 Å². The largest absolute Gasteiger partial charge is 0.472 e. The average molecular weight is 269 g/mol. The van der Waals surface area contributed by atoms with Gasteiger partial charge in [0, 0.05) is 18.3 Å². The number of allylic oxidation sites excluding steroid dienone is 2. The summed E-state index contributed by atoms with van der Waals surface area (Å²) in [6, 6.07) is 0. The average Bonchev–Trinajstić information content (AvgIpc) is 2.75. The first-order chi connectivity index (χ1) is 8.88. The van der Waals surface area contributed by atoms with E-state index in [1.807, 2.05) is 6.92 Å². The quantitative estimate of drug-likeness (QED) is 0.811. The Balaban J connectivity index is 0.000000982. The molecule has 0 aliphatic carbocycles. The summed E-state index contributed by atoms with van der Waals surface area (Å²) in [5, 5.41) is 3.21. The molecule has 0 radical (unpaired) electrons. The number of hydrogen-bond acceptors (Lipinski definition) is 3. The molecule has 0 spiro atoms. The molecule has 0 bridgehead atoms. The fraction of sp³-hybridized carbons (Fsp3) is 0.812. The third-order valence-electron chi connectivity index (χ3n) is 2.67. The van der Waals surface area contributed by atoms with Crippen molar-refractivity contribution in [3.63, 3.8) is 0 Å². The summed E-state index contributed by atoms with van der Waals surface area (Å²) in [6.07, 6.45) is 2.67. The van der Waals surface area contributed by atoms with Gasteiger partial charge in [0.2, 0.25) is 0 Å². The fourth-order valence-corrected chi connectivity index (χ4v) is 1.74. The molecule has 1 unspecified atom stereocenters. The lowest BCUT2D eigenvalue weighted by atomic mass is 10.1. The highest BCUT2D eigenvalue weighted by Gasteiger charge is 2.31. The van der Waals surface area contributed by atoms with E-state index in [1.54, 1.807) is 0 Å². The van der Waals surface area contributed by atoms with E-state index in [2.05, 4.69) is 46.9 Å². The minimum atomic E-state index is -0.0480. The van der Waals surface area contributed by atoms with Crippen molar-refractivity contribution in [2.75, 3.05) is 0 Å². The van der Waals surface area contributed by atoms with Crippen LogP contribution in [0.15, 0.2) is 11.5 Å². The molecule has 1 N–H and O–H groups in total. The molecule has 0 amide bonds. The molecule has 1 rings (SSSR count). The molecule has 1 heterocycles. The molecule has 0 aromatic heterocycles. The van der Waals surface area contributed by atoms with E-state index in [1.165, 1.54) is 6.42 Å². The second-order valence-corrected chi connectivity index (χ2v) is 5.70. The number of ketones is 1. The molecule has 0 saturated heterocycles. The van der Waals surface area contributed by atoms with Crippen LogP contribution in [0, 0.1) is 11.8 Å². The molecule has 112 valence electrons. The van der Waals surface area contributed by atoms with Crippen LogP contribution in [0.5, 0.6) is 0 Å². The lowest BCUT2D eigenvalue weighted by Crippen LogP contribution is -2.31. The topological polar surface area (TPSA) is 38.3 Å². The highest BCUT2D eigenvalue weighted by atomic mass is 16.5. The minimum Gasteiger partial charge on any atom is -0.472 e. The van der Waals surface area contributed by atoms with Gasteiger partial charge in [0.25, 0.3) is 0 Å². The summed E-state index contributed by atoms with van der Waals surface area (Å²) in [5.74, 6) is 1.62. The molecule has 1 aliphatic heterocycles. The van der Waals surface area contributed by atoms with E-state index in [-0.39, 0.29) is 17.9 Å². The number of nitrogens with one attached hydrogen (secondary N) is 1. The van der Waals surface area contributed by atoms with Gasteiger partial charge in [-0.2, -0.15) is 0 Å². The number of Topliss-reactive ketones (excluding diaryl/α,β-unsaturated/α-hetero) is 1. The summed E-state index contributed by atoms with van der Waals surface area (Å²) in [6.45, 7) is 14.5. The van der Waals surface area contributed by atoms with E-state index < -0.39 is 0 Å². The zero-order valence-electron chi connectivity index (χ0n) is 13.7. The Bertz CT molecular complexity index is 306. The van der Waals surface area contributed by atoms with Gasteiger partial charge in [0.05, 0.1) is 0 Å². The fourth-order valence-electron chi connectivity index (χ4n) is 1.74. The maximum absolute atomic E-state index is 11.9. The highest BCUT2D eigenvalue weighted by molar-refractivity contribution is 5.95. The second-order valence-electron chi connectivity index (χ2n) is 5.70. The van der Waals surface area contributed by atoms with Gasteiger partial charge >= 0.3 is 0 Å². The van der Waals surface area contributed by atoms with Gasteiger partial charge in [-0.05, 0) is 6.42 Å². The van der Waals surface area contributed by atoms with Crippen molar-refractivity contribution in [2.24, 2.45) is 11.8 Å². The van der Waals surface area contributed by atoms with Gasteiger partial charge in [-0.25, -0.2) is 0 Å². The lowest BCUT2D eigenvalue weighted by molar-refractivity contribution is -0.116. The van der Waals surface area contributed by atoms with E-state index in [0.29, 0.717) is 18.0 Å². The van der Waals surface area contributed by atoms with Crippen LogP contribution in [0.25, 0.3) is 0 Å². The number of carbonyl (C=O) groups is 1. The Hall–Kier alpha value is -0.990. The lowest BCUT2D eigenvalue weighted by Gasteiger charge is -2.17. The predicted octanol–water partition coefficient (Wildman–Crippen LogP) is 4.24. The first-order valence-corrected chi connectivity index (χ1v) is 7.59. The number of ether oxygens (including phenoxy) is 1. The summed E-state index contributed by atoms with van der Waals surface area (Å²) < 4.78 is 5.81. The van der Waals surface area contributed by atoms with Gasteiger partial charge in [0.1, 0.15) is 11.5 Å². The minimum absolute atomic E-state index is 0.0480. The van der Waals surface area contributed by atoms with Crippen LogP contribution in [-0.2, 0) is 9.53 Å². The normalized spacial score (nSPS) is 18.1. The first kappa shape index (κ1) is 18.0. The van der Waals surface area contributed by atoms with Gasteiger partial charge in [0.15, 0.2) is 12.0 Å². The van der Waals surface area contributed by atoms with Crippen LogP contribution in [0.3, 0.4) is 0 Å². The molecule has 1 aliphatic rings. The van der Waals surface area contributed by atoms with Crippen LogP contribution < -0.4 is 5.32 Å². The van der Waals surface area contributed by atoms with Crippen molar-refractivity contribution in [3.8, 4) is 0 Å². The summed E-state index contributed by atoms with van der Waals surface area (Å²) in [5.41, 5.74) is 0.704. The Labute approximate surface area is 118 Å². The van der Waals surface area contributed by atoms with Crippen LogP contribution in [0.1, 0.15) is 67.7 Å². The predicted molar refractivity (Wildman–Crippen MR) is 80.6 cm³/mol. The van der Waals surface area contributed by atoms with E-state index in [9.17, 15) is 4.79 Å². The van der Waals surface area contributed by atoms with E-state index in [4.69, 9.17) is 4.74 Å². The SMILES string of the molecule is CCC.CCCC(=O)C1=C(C(C)C)OC(C(C)C)N1. The van der Waals surface area contributed by atoms with Crippen molar-refractivity contribution >= 4 is 5.78 Å². The smallest absolute Gasteiger partial charge is 0.182 e. The molecule has 0 aromatic carbocycles. The molecule has 3 nitrogen and oxygen atoms in total. The van der Waals surface area contributed by atoms with Crippen LogP contribution in [-0.4, -0.2) is 12.0 Å². The number of carbonyl (C=O) groups excluding carboxylic acids is 1. The van der Waals surface area contributed by atoms with Gasteiger partial charge in [-0.1, -0.05) is 54.9 Å². The van der Waals surface area contributed by atoms with Crippen LogP contribution in [0.2, 0.25) is 0 Å². The Morgan fingerprint density at radius 3 is 2.11 bits per heavy atom. The summed E-state index contributed by atoms with van der Waals surface area (Å²) >= 11 is 0. The Morgan fingerprint density at radius 2 is 1.74 bits per heavy atom. The van der Waals surface area contributed by atoms with Crippen molar-refractivity contribution < 1.29 is 9.53 Å². The third kappa shape index (κ3) is 5.66. The van der Waals surface area contributed by atoms with Gasteiger partial charge < -0.3 is 10.1 Å². The van der Waals surface area contributed by atoms with E-state index in [0.717, 1.165) is 12.2 Å². The molecule has 19 heavy (non-hydrogen) atoms. The van der Waals surface area contributed by atoms with Crippen molar-refractivity contribution in [1.82, 2.24) is 5.32 Å².